The number of rotatable bonds is 10. The van der Waals surface area contributed by atoms with Gasteiger partial charge in [-0.25, -0.2) is 4.39 Å². The van der Waals surface area contributed by atoms with Gasteiger partial charge in [0.2, 0.25) is 5.91 Å². The Bertz CT molecular complexity index is 1010. The van der Waals surface area contributed by atoms with E-state index in [1.165, 1.54) is 30.4 Å². The number of amides is 2. The molecule has 0 atom stereocenters. The molecule has 0 bridgehead atoms. The molecule has 8 heteroatoms. The highest BCUT2D eigenvalue weighted by Crippen LogP contribution is 2.20. The van der Waals surface area contributed by atoms with Crippen LogP contribution >= 0.6 is 11.3 Å². The van der Waals surface area contributed by atoms with E-state index in [1.807, 2.05) is 25.2 Å². The molecule has 2 N–H and O–H groups in total. The molecule has 31 heavy (non-hydrogen) atoms. The Balaban J connectivity index is 1.37. The molecule has 0 saturated carbocycles. The summed E-state index contributed by atoms with van der Waals surface area (Å²) in [6, 6.07) is 12.0. The van der Waals surface area contributed by atoms with Crippen LogP contribution in [0.5, 0.6) is 0 Å². The van der Waals surface area contributed by atoms with Crippen LogP contribution in [0.4, 0.5) is 4.39 Å². The number of nitrogens with one attached hydrogen (secondary N) is 2. The molecular weight excluding hydrogens is 415 g/mol. The van der Waals surface area contributed by atoms with Crippen LogP contribution in [0.3, 0.4) is 0 Å². The van der Waals surface area contributed by atoms with Gasteiger partial charge in [-0.1, -0.05) is 6.42 Å². The second kappa shape index (κ2) is 10.9. The molecule has 0 unspecified atom stereocenters. The lowest BCUT2D eigenvalue weighted by Gasteiger charge is -2.16. The lowest BCUT2D eigenvalue weighted by molar-refractivity contribution is -0.119. The standard InChI is InChI=1S/C23H27FN4O2S/c1-16(29)25-15-20-11-12-22(31-20)23(30)28(2)13-5-3-4-6-19-14-21(27-26-19)17-7-9-18(24)10-8-17/h7-12,14H,3-6,13,15H2,1-2H3,(H,25,29)(H,26,27). The molecule has 2 aromatic heterocycles. The van der Waals surface area contributed by atoms with Gasteiger partial charge in [0.1, 0.15) is 5.82 Å². The van der Waals surface area contributed by atoms with Crippen LogP contribution < -0.4 is 5.32 Å². The third-order valence-electron chi connectivity index (χ3n) is 4.94. The van der Waals surface area contributed by atoms with Gasteiger partial charge >= 0.3 is 0 Å². The van der Waals surface area contributed by atoms with Crippen LogP contribution in [0.15, 0.2) is 42.5 Å². The number of aromatic amines is 1. The molecule has 1 aromatic carbocycles. The number of aryl methyl sites for hydroxylation is 1. The van der Waals surface area contributed by atoms with Crippen LogP contribution in [0.2, 0.25) is 0 Å². The summed E-state index contributed by atoms with van der Waals surface area (Å²) in [5, 5.41) is 10.1. The number of carbonyl (C=O) groups excluding carboxylic acids is 2. The Hall–Kier alpha value is -3.00. The fraction of sp³-hybridized carbons (Fsp3) is 0.348. The van der Waals surface area contributed by atoms with Crippen LogP contribution in [-0.2, 0) is 17.8 Å². The summed E-state index contributed by atoms with van der Waals surface area (Å²) in [5.41, 5.74) is 2.75. The van der Waals surface area contributed by atoms with E-state index in [-0.39, 0.29) is 17.6 Å². The molecule has 2 amide bonds. The van der Waals surface area contributed by atoms with Gasteiger partial charge in [0.05, 0.1) is 17.1 Å². The molecule has 0 saturated heterocycles. The maximum Gasteiger partial charge on any atom is 0.263 e. The minimum absolute atomic E-state index is 0.0107. The summed E-state index contributed by atoms with van der Waals surface area (Å²) in [5.74, 6) is -0.329. The van der Waals surface area contributed by atoms with Crippen LogP contribution in [0, 0.1) is 5.82 Å². The lowest BCUT2D eigenvalue weighted by Crippen LogP contribution is -2.27. The maximum atomic E-state index is 13.0. The average molecular weight is 443 g/mol. The summed E-state index contributed by atoms with van der Waals surface area (Å²) in [4.78, 5) is 27.0. The van der Waals surface area contributed by atoms with E-state index >= 15 is 0 Å². The van der Waals surface area contributed by atoms with Crippen LogP contribution in [0.1, 0.15) is 46.4 Å². The first-order valence-corrected chi connectivity index (χ1v) is 11.1. The highest BCUT2D eigenvalue weighted by Gasteiger charge is 2.14. The molecule has 3 aromatic rings. The minimum Gasteiger partial charge on any atom is -0.351 e. The van der Waals surface area contributed by atoms with Gasteiger partial charge in [-0.05, 0) is 61.7 Å². The number of H-pyrrole nitrogens is 1. The van der Waals surface area contributed by atoms with Crippen molar-refractivity contribution in [1.29, 1.82) is 0 Å². The monoisotopic (exact) mass is 442 g/mol. The van der Waals surface area contributed by atoms with Crippen molar-refractivity contribution in [2.75, 3.05) is 13.6 Å². The molecule has 0 aliphatic carbocycles. The quantitative estimate of drug-likeness (QED) is 0.457. The molecule has 0 spiro atoms. The zero-order chi connectivity index (χ0) is 22.2. The zero-order valence-electron chi connectivity index (χ0n) is 17.8. The minimum atomic E-state index is -0.257. The van der Waals surface area contributed by atoms with Crippen LogP contribution in [0.25, 0.3) is 11.3 Å². The highest BCUT2D eigenvalue weighted by molar-refractivity contribution is 7.14. The van der Waals surface area contributed by atoms with Gasteiger partial charge in [0.25, 0.3) is 5.91 Å². The fourth-order valence-electron chi connectivity index (χ4n) is 3.19. The summed E-state index contributed by atoms with van der Waals surface area (Å²) in [6.45, 7) is 2.62. The van der Waals surface area contributed by atoms with Crippen molar-refractivity contribution >= 4 is 23.2 Å². The molecule has 164 valence electrons. The van der Waals surface area contributed by atoms with Crippen molar-refractivity contribution in [2.45, 2.75) is 39.2 Å². The predicted molar refractivity (Wildman–Crippen MR) is 120 cm³/mol. The summed E-state index contributed by atoms with van der Waals surface area (Å²) >= 11 is 1.42. The number of nitrogens with zero attached hydrogens (tertiary/aromatic N) is 2. The SMILES string of the molecule is CC(=O)NCc1ccc(C(=O)N(C)CCCCCc2cc(-c3ccc(F)cc3)n[nH]2)s1. The van der Waals surface area contributed by atoms with Crippen molar-refractivity contribution in [1.82, 2.24) is 20.4 Å². The van der Waals surface area contributed by atoms with Gasteiger partial charge in [-0.15, -0.1) is 11.3 Å². The summed E-state index contributed by atoms with van der Waals surface area (Å²) in [6.07, 6.45) is 3.79. The van der Waals surface area contributed by atoms with Crippen molar-refractivity contribution in [3.8, 4) is 11.3 Å². The average Bonchev–Trinajstić information content (AvgIpc) is 3.41. The van der Waals surface area contributed by atoms with Crippen molar-refractivity contribution in [3.63, 3.8) is 0 Å². The van der Waals surface area contributed by atoms with Gasteiger partial charge in [-0.3, -0.25) is 14.7 Å². The molecular formula is C23H27FN4O2S. The third-order valence-corrected chi connectivity index (χ3v) is 6.01. The number of carbonyl (C=O) groups is 2. The Kier molecular flexibility index (Phi) is 7.94. The number of aromatic nitrogens is 2. The molecule has 0 fully saturated rings. The Labute approximate surface area is 185 Å². The van der Waals surface area contributed by atoms with Gasteiger partial charge in [0.15, 0.2) is 0 Å². The first kappa shape index (κ1) is 22.7. The van der Waals surface area contributed by atoms with E-state index in [0.29, 0.717) is 18.0 Å². The van der Waals surface area contributed by atoms with Crippen molar-refractivity contribution in [3.05, 3.63) is 63.7 Å². The second-order valence-electron chi connectivity index (χ2n) is 7.50. The first-order valence-electron chi connectivity index (χ1n) is 10.3. The zero-order valence-corrected chi connectivity index (χ0v) is 18.6. The molecule has 0 aliphatic rings. The first-order chi connectivity index (χ1) is 14.9. The van der Waals surface area contributed by atoms with E-state index in [4.69, 9.17) is 0 Å². The Morgan fingerprint density at radius 3 is 2.65 bits per heavy atom. The number of hydrogen-bond donors (Lipinski definition) is 2. The van der Waals surface area contributed by atoms with Gasteiger partial charge < -0.3 is 10.2 Å². The Morgan fingerprint density at radius 2 is 1.90 bits per heavy atom. The normalized spacial score (nSPS) is 10.8. The molecule has 0 radical (unpaired) electrons. The number of thiophene rings is 1. The van der Waals surface area contributed by atoms with Crippen molar-refractivity contribution < 1.29 is 14.0 Å². The van der Waals surface area contributed by atoms with Crippen molar-refractivity contribution in [2.24, 2.45) is 0 Å². The maximum absolute atomic E-state index is 13.0. The van der Waals surface area contributed by atoms with E-state index in [9.17, 15) is 14.0 Å². The highest BCUT2D eigenvalue weighted by atomic mass is 32.1. The molecule has 2 heterocycles. The second-order valence-corrected chi connectivity index (χ2v) is 8.67. The Morgan fingerprint density at radius 1 is 1.13 bits per heavy atom. The number of halogens is 1. The molecule has 3 rings (SSSR count). The van der Waals surface area contributed by atoms with E-state index in [0.717, 1.165) is 47.5 Å². The van der Waals surface area contributed by atoms with Gasteiger partial charge in [-0.2, -0.15) is 5.10 Å². The molecule has 6 nitrogen and oxygen atoms in total. The predicted octanol–water partition coefficient (Wildman–Crippen LogP) is 4.40. The number of unbranched alkanes of at least 4 members (excludes halogenated alkanes) is 2. The smallest absolute Gasteiger partial charge is 0.263 e. The topological polar surface area (TPSA) is 78.1 Å². The number of hydrogen-bond acceptors (Lipinski definition) is 4. The van der Waals surface area contributed by atoms with Gasteiger partial charge in [0, 0.05) is 36.7 Å². The third kappa shape index (κ3) is 6.75. The lowest BCUT2D eigenvalue weighted by atomic mass is 10.1. The van der Waals surface area contributed by atoms with E-state index in [1.54, 1.807) is 17.0 Å². The fourth-order valence-corrected chi connectivity index (χ4v) is 4.13. The number of benzene rings is 1. The van der Waals surface area contributed by atoms with E-state index < -0.39 is 0 Å². The van der Waals surface area contributed by atoms with E-state index in [2.05, 4.69) is 15.5 Å². The molecule has 0 aliphatic heterocycles. The van der Waals surface area contributed by atoms with Crippen LogP contribution in [-0.4, -0.2) is 40.5 Å². The summed E-state index contributed by atoms with van der Waals surface area (Å²) < 4.78 is 13.0. The largest absolute Gasteiger partial charge is 0.351 e. The summed E-state index contributed by atoms with van der Waals surface area (Å²) in [7, 11) is 1.82.